The number of aromatic carboxylic acids is 1. The lowest BCUT2D eigenvalue weighted by Gasteiger charge is -2.25. The van der Waals surface area contributed by atoms with Gasteiger partial charge in [-0.3, -0.25) is 9.78 Å². The molecule has 0 aliphatic heterocycles. The van der Waals surface area contributed by atoms with Crippen molar-refractivity contribution in [2.45, 2.75) is 13.8 Å². The Morgan fingerprint density at radius 1 is 1.24 bits per heavy atom. The van der Waals surface area contributed by atoms with Gasteiger partial charge in [-0.2, -0.15) is 0 Å². The lowest BCUT2D eigenvalue weighted by Crippen LogP contribution is -2.39. The molecule has 1 N–H and O–H groups in total. The molecule has 6 nitrogen and oxygen atoms in total. The molecule has 1 aromatic rings. The zero-order valence-corrected chi connectivity index (χ0v) is 13.0. The lowest BCUT2D eigenvalue weighted by molar-refractivity contribution is 0.0689. The van der Waals surface area contributed by atoms with E-state index < -0.39 is 5.97 Å². The van der Waals surface area contributed by atoms with Crippen molar-refractivity contribution in [1.29, 1.82) is 0 Å². The summed E-state index contributed by atoms with van der Waals surface area (Å²) in [6.07, 6.45) is 1.22. The van der Waals surface area contributed by atoms with Gasteiger partial charge in [0.1, 0.15) is 5.69 Å². The van der Waals surface area contributed by atoms with Gasteiger partial charge in [0.15, 0.2) is 0 Å². The molecule has 0 saturated carbocycles. The Morgan fingerprint density at radius 2 is 1.90 bits per heavy atom. The van der Waals surface area contributed by atoms with Crippen molar-refractivity contribution >= 4 is 11.9 Å². The van der Waals surface area contributed by atoms with E-state index in [0.29, 0.717) is 19.0 Å². The highest BCUT2D eigenvalue weighted by Crippen LogP contribution is 2.07. The van der Waals surface area contributed by atoms with E-state index in [1.54, 1.807) is 4.90 Å². The second-order valence-electron chi connectivity index (χ2n) is 5.69. The first-order chi connectivity index (χ1) is 9.81. The van der Waals surface area contributed by atoms with E-state index in [-0.39, 0.29) is 17.2 Å². The van der Waals surface area contributed by atoms with Crippen LogP contribution in [0.3, 0.4) is 0 Å². The topological polar surface area (TPSA) is 73.7 Å². The summed E-state index contributed by atoms with van der Waals surface area (Å²) in [5.41, 5.74) is 0.356. The highest BCUT2D eigenvalue weighted by Gasteiger charge is 2.18. The molecule has 116 valence electrons. The van der Waals surface area contributed by atoms with Crippen LogP contribution in [-0.4, -0.2) is 65.5 Å². The summed E-state index contributed by atoms with van der Waals surface area (Å²) in [5.74, 6) is -0.856. The number of nitrogens with zero attached hydrogens (tertiary/aromatic N) is 3. The van der Waals surface area contributed by atoms with E-state index in [9.17, 15) is 9.59 Å². The van der Waals surface area contributed by atoms with Gasteiger partial charge in [0.05, 0.1) is 5.56 Å². The standard InChI is InChI=1S/C15H23N3O3/c1-11(2)10-18(8-7-17(3)4)14(19)13-6-5-12(9-16-13)15(20)21/h5-6,9,11H,7-8,10H2,1-4H3,(H,20,21). The number of carbonyl (C=O) groups excluding carboxylic acids is 1. The van der Waals surface area contributed by atoms with Crippen molar-refractivity contribution in [3.05, 3.63) is 29.6 Å². The highest BCUT2D eigenvalue weighted by atomic mass is 16.4. The van der Waals surface area contributed by atoms with Crippen LogP contribution in [0.5, 0.6) is 0 Å². The van der Waals surface area contributed by atoms with Crippen LogP contribution in [0.15, 0.2) is 18.3 Å². The molecule has 0 spiro atoms. The molecular weight excluding hydrogens is 270 g/mol. The van der Waals surface area contributed by atoms with Crippen LogP contribution in [0, 0.1) is 5.92 Å². The number of rotatable bonds is 7. The number of hydrogen-bond acceptors (Lipinski definition) is 4. The van der Waals surface area contributed by atoms with Gasteiger partial charge in [-0.05, 0) is 32.1 Å². The van der Waals surface area contributed by atoms with Crippen molar-refractivity contribution in [2.24, 2.45) is 5.92 Å². The Kier molecular flexibility index (Phi) is 6.30. The van der Waals surface area contributed by atoms with E-state index in [4.69, 9.17) is 5.11 Å². The Hall–Kier alpha value is -1.95. The summed E-state index contributed by atoms with van der Waals surface area (Å²) < 4.78 is 0. The van der Waals surface area contributed by atoms with E-state index in [1.807, 2.05) is 19.0 Å². The predicted molar refractivity (Wildman–Crippen MR) is 80.5 cm³/mol. The molecule has 0 radical (unpaired) electrons. The molecule has 0 aromatic carbocycles. The Morgan fingerprint density at radius 3 is 2.33 bits per heavy atom. The van der Waals surface area contributed by atoms with Crippen LogP contribution in [0.4, 0.5) is 0 Å². The summed E-state index contributed by atoms with van der Waals surface area (Å²) in [6, 6.07) is 2.87. The zero-order valence-electron chi connectivity index (χ0n) is 13.0. The Balaban J connectivity index is 2.85. The molecule has 1 aromatic heterocycles. The predicted octanol–water partition coefficient (Wildman–Crippen LogP) is 1.44. The quantitative estimate of drug-likeness (QED) is 0.823. The third kappa shape index (κ3) is 5.51. The second-order valence-corrected chi connectivity index (χ2v) is 5.69. The summed E-state index contributed by atoms with van der Waals surface area (Å²) in [6.45, 7) is 6.14. The van der Waals surface area contributed by atoms with Crippen LogP contribution in [0.25, 0.3) is 0 Å². The average molecular weight is 293 g/mol. The number of likely N-dealkylation sites (N-methyl/N-ethyl adjacent to an activating group) is 1. The minimum absolute atomic E-state index is 0.0789. The summed E-state index contributed by atoms with van der Waals surface area (Å²) in [4.78, 5) is 31.0. The number of pyridine rings is 1. The second kappa shape index (κ2) is 7.73. The summed E-state index contributed by atoms with van der Waals surface area (Å²) in [7, 11) is 3.91. The number of carboxylic acids is 1. The molecule has 0 bridgehead atoms. The molecule has 6 heteroatoms. The number of carbonyl (C=O) groups is 2. The first kappa shape index (κ1) is 17.1. The Bertz CT molecular complexity index is 483. The third-order valence-corrected chi connectivity index (χ3v) is 2.92. The molecule has 0 fully saturated rings. The SMILES string of the molecule is CC(C)CN(CCN(C)C)C(=O)c1ccc(C(=O)O)cn1. The molecular formula is C15H23N3O3. The van der Waals surface area contributed by atoms with Crippen molar-refractivity contribution < 1.29 is 14.7 Å². The minimum atomic E-state index is -1.05. The van der Waals surface area contributed by atoms with E-state index >= 15 is 0 Å². The van der Waals surface area contributed by atoms with Gasteiger partial charge in [0, 0.05) is 25.8 Å². The summed E-state index contributed by atoms with van der Waals surface area (Å²) in [5, 5.41) is 8.85. The third-order valence-electron chi connectivity index (χ3n) is 2.92. The van der Waals surface area contributed by atoms with Gasteiger partial charge in [-0.25, -0.2) is 4.79 Å². The lowest BCUT2D eigenvalue weighted by atomic mass is 10.2. The van der Waals surface area contributed by atoms with Crippen LogP contribution < -0.4 is 0 Å². The Labute approximate surface area is 125 Å². The van der Waals surface area contributed by atoms with Crippen LogP contribution in [0.1, 0.15) is 34.7 Å². The average Bonchev–Trinajstić information content (AvgIpc) is 2.42. The van der Waals surface area contributed by atoms with Crippen LogP contribution in [0.2, 0.25) is 0 Å². The van der Waals surface area contributed by atoms with Gasteiger partial charge < -0.3 is 14.9 Å². The van der Waals surface area contributed by atoms with E-state index in [1.165, 1.54) is 18.3 Å². The largest absolute Gasteiger partial charge is 0.478 e. The minimum Gasteiger partial charge on any atom is -0.478 e. The van der Waals surface area contributed by atoms with E-state index in [2.05, 4.69) is 18.8 Å². The molecule has 1 heterocycles. The van der Waals surface area contributed by atoms with Crippen molar-refractivity contribution in [2.75, 3.05) is 33.7 Å². The normalized spacial score (nSPS) is 11.0. The van der Waals surface area contributed by atoms with Crippen molar-refractivity contribution in [3.63, 3.8) is 0 Å². The zero-order chi connectivity index (χ0) is 16.0. The van der Waals surface area contributed by atoms with Crippen molar-refractivity contribution in [1.82, 2.24) is 14.8 Å². The molecule has 0 aliphatic rings. The fourth-order valence-corrected chi connectivity index (χ4v) is 1.85. The van der Waals surface area contributed by atoms with Gasteiger partial charge in [-0.15, -0.1) is 0 Å². The molecule has 1 rings (SSSR count). The fraction of sp³-hybridized carbons (Fsp3) is 0.533. The van der Waals surface area contributed by atoms with Gasteiger partial charge in [0.2, 0.25) is 0 Å². The summed E-state index contributed by atoms with van der Waals surface area (Å²) >= 11 is 0. The van der Waals surface area contributed by atoms with Gasteiger partial charge in [0.25, 0.3) is 5.91 Å². The maximum atomic E-state index is 12.5. The first-order valence-electron chi connectivity index (χ1n) is 6.94. The maximum Gasteiger partial charge on any atom is 0.337 e. The molecule has 0 atom stereocenters. The molecule has 0 unspecified atom stereocenters. The monoisotopic (exact) mass is 293 g/mol. The highest BCUT2D eigenvalue weighted by molar-refractivity contribution is 5.93. The fourth-order valence-electron chi connectivity index (χ4n) is 1.85. The van der Waals surface area contributed by atoms with Gasteiger partial charge in [-0.1, -0.05) is 13.8 Å². The number of carboxylic acid groups (broad SMARTS) is 1. The number of hydrogen-bond donors (Lipinski definition) is 1. The molecule has 0 saturated heterocycles. The van der Waals surface area contributed by atoms with E-state index in [0.717, 1.165) is 6.54 Å². The smallest absolute Gasteiger partial charge is 0.337 e. The van der Waals surface area contributed by atoms with Crippen molar-refractivity contribution in [3.8, 4) is 0 Å². The van der Waals surface area contributed by atoms with Gasteiger partial charge >= 0.3 is 5.97 Å². The molecule has 21 heavy (non-hydrogen) atoms. The van der Waals surface area contributed by atoms with Crippen LogP contribution in [-0.2, 0) is 0 Å². The first-order valence-corrected chi connectivity index (χ1v) is 6.94. The molecule has 1 amide bonds. The van der Waals surface area contributed by atoms with Crippen LogP contribution >= 0.6 is 0 Å². The molecule has 0 aliphatic carbocycles. The maximum absolute atomic E-state index is 12.5. The number of aromatic nitrogens is 1. The number of amides is 1.